The summed E-state index contributed by atoms with van der Waals surface area (Å²) in [7, 11) is 0. The fraction of sp³-hybridized carbons (Fsp3) is 0.136. The molecule has 2 aromatic carbocycles. The maximum absolute atomic E-state index is 12.9. The molecule has 0 fully saturated rings. The van der Waals surface area contributed by atoms with Gasteiger partial charge in [-0.3, -0.25) is 4.79 Å². The van der Waals surface area contributed by atoms with Gasteiger partial charge in [0, 0.05) is 0 Å². The molecule has 0 aliphatic rings. The van der Waals surface area contributed by atoms with E-state index >= 15 is 0 Å². The number of nitrogens with one attached hydrogen (secondary N) is 1. The van der Waals surface area contributed by atoms with Crippen LogP contribution in [0.2, 0.25) is 10.0 Å². The number of rotatable bonds is 6. The number of anilines is 1. The molecule has 1 amide bonds. The van der Waals surface area contributed by atoms with Crippen LogP contribution in [0, 0.1) is 6.92 Å². The zero-order valence-electron chi connectivity index (χ0n) is 15.9. The highest BCUT2D eigenvalue weighted by molar-refractivity contribution is 6.36. The van der Waals surface area contributed by atoms with Crippen molar-refractivity contribution in [2.75, 3.05) is 11.9 Å². The number of carbonyl (C=O) groups excluding carboxylic acids is 2. The lowest BCUT2D eigenvalue weighted by atomic mass is 9.86. The Morgan fingerprint density at radius 2 is 1.53 bits per heavy atom. The van der Waals surface area contributed by atoms with Gasteiger partial charge >= 0.3 is 5.97 Å². The number of esters is 1. The van der Waals surface area contributed by atoms with Gasteiger partial charge in [-0.15, -0.1) is 0 Å². The van der Waals surface area contributed by atoms with E-state index in [2.05, 4.69) is 10.3 Å². The van der Waals surface area contributed by atoms with Gasteiger partial charge in [0.15, 0.2) is 12.4 Å². The van der Waals surface area contributed by atoms with Crippen LogP contribution in [0.3, 0.4) is 0 Å². The van der Waals surface area contributed by atoms with Gasteiger partial charge in [0.05, 0.1) is 15.7 Å². The van der Waals surface area contributed by atoms with Gasteiger partial charge in [-0.2, -0.15) is 0 Å². The second kappa shape index (κ2) is 9.26. The Morgan fingerprint density at radius 3 is 2.07 bits per heavy atom. The summed E-state index contributed by atoms with van der Waals surface area (Å²) in [5.41, 5.74) is -0.953. The Kier molecular flexibility index (Phi) is 6.72. The summed E-state index contributed by atoms with van der Waals surface area (Å²) < 4.78 is 5.15. The first-order valence-corrected chi connectivity index (χ1v) is 9.71. The minimum absolute atomic E-state index is 0.0981. The maximum Gasteiger partial charge on any atom is 0.348 e. The molecule has 30 heavy (non-hydrogen) atoms. The molecule has 154 valence electrons. The highest BCUT2D eigenvalue weighted by atomic mass is 35.5. The summed E-state index contributed by atoms with van der Waals surface area (Å²) in [6, 6.07) is 18.2. The third-order valence-corrected chi connectivity index (χ3v) is 5.05. The average molecular weight is 445 g/mol. The fourth-order valence-electron chi connectivity index (χ4n) is 2.81. The molecule has 0 aliphatic carbocycles. The minimum Gasteiger partial charge on any atom is -0.453 e. The van der Waals surface area contributed by atoms with E-state index in [-0.39, 0.29) is 10.8 Å². The molecule has 0 aliphatic heterocycles. The van der Waals surface area contributed by atoms with Crippen molar-refractivity contribution in [2.24, 2.45) is 0 Å². The lowest BCUT2D eigenvalue weighted by molar-refractivity contribution is -0.163. The number of aliphatic hydroxyl groups is 1. The van der Waals surface area contributed by atoms with Gasteiger partial charge in [-0.1, -0.05) is 83.9 Å². The predicted octanol–water partition coefficient (Wildman–Crippen LogP) is 4.11. The Hall–Kier alpha value is -2.93. The number of nitrogens with zero attached hydrogens (tertiary/aromatic N) is 1. The van der Waals surface area contributed by atoms with E-state index in [1.54, 1.807) is 67.6 Å². The van der Waals surface area contributed by atoms with E-state index < -0.39 is 24.1 Å². The molecule has 1 aromatic heterocycles. The summed E-state index contributed by atoms with van der Waals surface area (Å²) in [5, 5.41) is 14.3. The van der Waals surface area contributed by atoms with Crippen molar-refractivity contribution in [1.29, 1.82) is 0 Å². The number of amides is 1. The first kappa shape index (κ1) is 21.8. The normalized spacial score (nSPS) is 11.1. The molecule has 0 saturated heterocycles. The lowest BCUT2D eigenvalue weighted by Gasteiger charge is -2.26. The molecule has 8 heteroatoms. The van der Waals surface area contributed by atoms with Crippen LogP contribution in [-0.2, 0) is 19.9 Å². The summed E-state index contributed by atoms with van der Waals surface area (Å²) in [6.45, 7) is 1.02. The molecule has 0 saturated carbocycles. The molecule has 0 atom stereocenters. The summed E-state index contributed by atoms with van der Waals surface area (Å²) in [5.74, 6) is -1.55. The first-order chi connectivity index (χ1) is 14.3. The first-order valence-electron chi connectivity index (χ1n) is 8.95. The third-order valence-electron chi connectivity index (χ3n) is 4.38. The molecule has 1 heterocycles. The van der Waals surface area contributed by atoms with Crippen molar-refractivity contribution < 1.29 is 19.4 Å². The Balaban J connectivity index is 1.77. The van der Waals surface area contributed by atoms with Crippen molar-refractivity contribution in [3.05, 3.63) is 93.6 Å². The largest absolute Gasteiger partial charge is 0.453 e. The molecule has 3 rings (SSSR count). The van der Waals surface area contributed by atoms with Gasteiger partial charge in [-0.05, 0) is 24.1 Å². The second-order valence-electron chi connectivity index (χ2n) is 6.45. The lowest BCUT2D eigenvalue weighted by Crippen LogP contribution is -2.39. The summed E-state index contributed by atoms with van der Waals surface area (Å²) >= 11 is 12.0. The van der Waals surface area contributed by atoms with Crippen LogP contribution in [0.5, 0.6) is 0 Å². The van der Waals surface area contributed by atoms with Crippen LogP contribution in [0.1, 0.15) is 16.8 Å². The molecule has 3 aromatic rings. The third kappa shape index (κ3) is 4.62. The molecule has 6 nitrogen and oxygen atoms in total. The topological polar surface area (TPSA) is 88.5 Å². The van der Waals surface area contributed by atoms with Gasteiger partial charge in [0.2, 0.25) is 5.60 Å². The maximum atomic E-state index is 12.9. The Bertz CT molecular complexity index is 1020. The van der Waals surface area contributed by atoms with Crippen molar-refractivity contribution in [3.63, 3.8) is 0 Å². The Morgan fingerprint density at radius 1 is 1.00 bits per heavy atom. The monoisotopic (exact) mass is 444 g/mol. The molecule has 2 N–H and O–H groups in total. The number of carbonyl (C=O) groups is 2. The molecule has 0 bridgehead atoms. The van der Waals surface area contributed by atoms with E-state index in [9.17, 15) is 14.7 Å². The van der Waals surface area contributed by atoms with E-state index in [1.165, 1.54) is 6.07 Å². The molecule has 0 unspecified atom stereocenters. The molecule has 0 radical (unpaired) electrons. The van der Waals surface area contributed by atoms with Gasteiger partial charge in [0.25, 0.3) is 5.91 Å². The van der Waals surface area contributed by atoms with E-state index in [1.807, 2.05) is 0 Å². The Labute approximate surface area is 183 Å². The number of aromatic nitrogens is 1. The second-order valence-corrected chi connectivity index (χ2v) is 7.27. The molecular formula is C22H18Cl2N2O4. The number of hydrogen-bond acceptors (Lipinski definition) is 5. The highest BCUT2D eigenvalue weighted by Crippen LogP contribution is 2.31. The molecular weight excluding hydrogens is 427 g/mol. The van der Waals surface area contributed by atoms with Crippen molar-refractivity contribution in [3.8, 4) is 0 Å². The van der Waals surface area contributed by atoms with E-state index in [0.717, 1.165) is 0 Å². The van der Waals surface area contributed by atoms with Crippen LogP contribution in [0.25, 0.3) is 0 Å². The number of ether oxygens (including phenoxy) is 1. The van der Waals surface area contributed by atoms with E-state index in [4.69, 9.17) is 27.9 Å². The quantitative estimate of drug-likeness (QED) is 0.558. The van der Waals surface area contributed by atoms with Crippen LogP contribution in [0.4, 0.5) is 5.82 Å². The number of hydrogen-bond donors (Lipinski definition) is 2. The van der Waals surface area contributed by atoms with Gasteiger partial charge in [0.1, 0.15) is 0 Å². The van der Waals surface area contributed by atoms with Crippen molar-refractivity contribution >= 4 is 40.9 Å². The van der Waals surface area contributed by atoms with Crippen LogP contribution in [-0.4, -0.2) is 28.6 Å². The van der Waals surface area contributed by atoms with Crippen LogP contribution < -0.4 is 5.32 Å². The SMILES string of the molecule is Cc1nc(NC(=O)COC(=O)C(O)(c2ccccc2)c2ccccc2)c(Cl)cc1Cl. The fourth-order valence-corrected chi connectivity index (χ4v) is 3.22. The standard InChI is InChI=1S/C22H18Cl2N2O4/c1-14-17(23)12-18(24)20(25-14)26-19(27)13-30-21(28)22(29,15-8-4-2-5-9-15)16-10-6-3-7-11-16/h2-12,29H,13H2,1H3,(H,25,26,27). The smallest absolute Gasteiger partial charge is 0.348 e. The van der Waals surface area contributed by atoms with Crippen LogP contribution >= 0.6 is 23.2 Å². The van der Waals surface area contributed by atoms with E-state index in [0.29, 0.717) is 21.8 Å². The highest BCUT2D eigenvalue weighted by Gasteiger charge is 2.41. The number of benzene rings is 2. The van der Waals surface area contributed by atoms with Gasteiger partial charge < -0.3 is 15.2 Å². The van der Waals surface area contributed by atoms with Crippen molar-refractivity contribution in [2.45, 2.75) is 12.5 Å². The predicted molar refractivity (Wildman–Crippen MR) is 114 cm³/mol. The minimum atomic E-state index is -2.07. The average Bonchev–Trinajstić information content (AvgIpc) is 2.76. The zero-order chi connectivity index (χ0) is 21.7. The number of halogens is 2. The van der Waals surface area contributed by atoms with Gasteiger partial charge in [-0.25, -0.2) is 9.78 Å². The van der Waals surface area contributed by atoms with Crippen LogP contribution in [0.15, 0.2) is 66.7 Å². The summed E-state index contributed by atoms with van der Waals surface area (Å²) in [4.78, 5) is 29.2. The summed E-state index contributed by atoms with van der Waals surface area (Å²) in [6.07, 6.45) is 0. The van der Waals surface area contributed by atoms with Crippen molar-refractivity contribution in [1.82, 2.24) is 4.98 Å². The number of pyridine rings is 1. The number of aryl methyl sites for hydroxylation is 1. The molecule has 0 spiro atoms. The zero-order valence-corrected chi connectivity index (χ0v) is 17.4.